The molecule has 1 fully saturated rings. The molecule has 3 aromatic rings. The molecule has 1 atom stereocenters. The molecular formula is C34H42ClN3O4S. The van der Waals surface area contributed by atoms with E-state index >= 15 is 0 Å². The average molecular weight is 624 g/mol. The molecule has 1 aliphatic carbocycles. The molecule has 9 heteroatoms. The zero-order chi connectivity index (χ0) is 31.0. The molecule has 0 radical (unpaired) electrons. The summed E-state index contributed by atoms with van der Waals surface area (Å²) >= 11 is 6.13. The van der Waals surface area contributed by atoms with E-state index in [4.69, 9.17) is 11.6 Å². The normalized spacial score (nSPS) is 14.3. The molecule has 1 unspecified atom stereocenters. The van der Waals surface area contributed by atoms with Crippen LogP contribution in [0.4, 0.5) is 5.69 Å². The Balaban J connectivity index is 1.58. The molecule has 0 bridgehead atoms. The number of hydrogen-bond acceptors (Lipinski definition) is 4. The third-order valence-corrected chi connectivity index (χ3v) is 9.62. The van der Waals surface area contributed by atoms with Crippen molar-refractivity contribution in [3.63, 3.8) is 0 Å². The van der Waals surface area contributed by atoms with Crippen molar-refractivity contribution in [3.8, 4) is 0 Å². The molecule has 1 saturated carbocycles. The van der Waals surface area contributed by atoms with Gasteiger partial charge in [0.2, 0.25) is 21.8 Å². The molecule has 2 amide bonds. The maximum absolute atomic E-state index is 14.0. The summed E-state index contributed by atoms with van der Waals surface area (Å²) in [5, 5.41) is 3.80. The van der Waals surface area contributed by atoms with Crippen molar-refractivity contribution in [2.75, 3.05) is 17.1 Å². The molecule has 0 spiro atoms. The number of benzene rings is 3. The van der Waals surface area contributed by atoms with E-state index in [2.05, 4.69) is 5.32 Å². The van der Waals surface area contributed by atoms with Crippen LogP contribution in [0.25, 0.3) is 0 Å². The Morgan fingerprint density at radius 2 is 1.60 bits per heavy atom. The Morgan fingerprint density at radius 3 is 2.23 bits per heavy atom. The lowest BCUT2D eigenvalue weighted by atomic mass is 10.0. The highest BCUT2D eigenvalue weighted by Crippen LogP contribution is 2.24. The summed E-state index contributed by atoms with van der Waals surface area (Å²) in [6.07, 6.45) is 5.99. The SMILES string of the molecule is Cc1ccc(N(CCCC(=O)N(Cc2ccc(Cl)cc2)C(Cc2ccccc2)C(=O)NC2CCCC2)S(C)(=O)=O)cc1C. The smallest absolute Gasteiger partial charge is 0.243 e. The fourth-order valence-electron chi connectivity index (χ4n) is 5.59. The van der Waals surface area contributed by atoms with Crippen LogP contribution in [0.2, 0.25) is 5.02 Å². The summed E-state index contributed by atoms with van der Waals surface area (Å²) in [6, 6.07) is 21.9. The number of nitrogens with zero attached hydrogens (tertiary/aromatic N) is 2. The molecule has 7 nitrogen and oxygen atoms in total. The number of carbonyl (C=O) groups is 2. The Bertz CT molecular complexity index is 1490. The number of amides is 2. The van der Waals surface area contributed by atoms with Gasteiger partial charge in [0.1, 0.15) is 6.04 Å². The number of aryl methyl sites for hydroxylation is 2. The maximum Gasteiger partial charge on any atom is 0.243 e. The molecule has 0 aliphatic heterocycles. The summed E-state index contributed by atoms with van der Waals surface area (Å²) in [5.41, 5.74) is 4.46. The second-order valence-electron chi connectivity index (χ2n) is 11.6. The van der Waals surface area contributed by atoms with E-state index < -0.39 is 16.1 Å². The van der Waals surface area contributed by atoms with E-state index in [0.717, 1.165) is 47.9 Å². The van der Waals surface area contributed by atoms with Crippen LogP contribution in [0.3, 0.4) is 0 Å². The lowest BCUT2D eigenvalue weighted by molar-refractivity contribution is -0.141. The first-order valence-electron chi connectivity index (χ1n) is 14.9. The number of carbonyl (C=O) groups excluding carboxylic acids is 2. The van der Waals surface area contributed by atoms with Crippen molar-refractivity contribution in [3.05, 3.63) is 100 Å². The van der Waals surface area contributed by atoms with Crippen LogP contribution >= 0.6 is 11.6 Å². The second-order valence-corrected chi connectivity index (χ2v) is 13.9. The van der Waals surface area contributed by atoms with E-state index in [1.807, 2.05) is 68.4 Å². The van der Waals surface area contributed by atoms with Gasteiger partial charge in [0.15, 0.2) is 0 Å². The van der Waals surface area contributed by atoms with Crippen LogP contribution in [0.1, 0.15) is 60.8 Å². The van der Waals surface area contributed by atoms with E-state index in [1.54, 1.807) is 23.1 Å². The topological polar surface area (TPSA) is 86.8 Å². The summed E-state index contributed by atoms with van der Waals surface area (Å²) in [6.45, 7) is 4.31. The van der Waals surface area contributed by atoms with Gasteiger partial charge in [0.05, 0.1) is 11.9 Å². The fraction of sp³-hybridized carbons (Fsp3) is 0.412. The van der Waals surface area contributed by atoms with Gasteiger partial charge in [-0.2, -0.15) is 0 Å². The van der Waals surface area contributed by atoms with Crippen LogP contribution in [-0.4, -0.2) is 50.0 Å². The average Bonchev–Trinajstić information content (AvgIpc) is 3.48. The van der Waals surface area contributed by atoms with Gasteiger partial charge in [-0.3, -0.25) is 13.9 Å². The molecule has 1 N–H and O–H groups in total. The van der Waals surface area contributed by atoms with Crippen LogP contribution < -0.4 is 9.62 Å². The summed E-state index contributed by atoms with van der Waals surface area (Å²) in [5.74, 6) is -0.364. The molecular weight excluding hydrogens is 582 g/mol. The van der Waals surface area contributed by atoms with E-state index in [1.165, 1.54) is 10.6 Å². The molecule has 3 aromatic carbocycles. The fourth-order valence-corrected chi connectivity index (χ4v) is 6.68. The highest BCUT2D eigenvalue weighted by atomic mass is 35.5. The van der Waals surface area contributed by atoms with Crippen molar-refractivity contribution >= 4 is 39.1 Å². The lowest BCUT2D eigenvalue weighted by Crippen LogP contribution is -2.52. The summed E-state index contributed by atoms with van der Waals surface area (Å²) in [4.78, 5) is 29.5. The molecule has 230 valence electrons. The van der Waals surface area contributed by atoms with Gasteiger partial charge in [-0.05, 0) is 79.6 Å². The molecule has 0 aromatic heterocycles. The minimum absolute atomic E-state index is 0.0897. The first kappa shape index (κ1) is 32.6. The summed E-state index contributed by atoms with van der Waals surface area (Å²) in [7, 11) is -3.57. The second kappa shape index (κ2) is 14.9. The first-order valence-corrected chi connectivity index (χ1v) is 17.2. The van der Waals surface area contributed by atoms with Gasteiger partial charge in [0, 0.05) is 37.0 Å². The van der Waals surface area contributed by atoms with Gasteiger partial charge in [-0.15, -0.1) is 0 Å². The van der Waals surface area contributed by atoms with Crippen molar-refractivity contribution in [2.45, 2.75) is 77.4 Å². The number of halogens is 1. The van der Waals surface area contributed by atoms with Crippen molar-refractivity contribution < 1.29 is 18.0 Å². The highest BCUT2D eigenvalue weighted by Gasteiger charge is 2.32. The minimum Gasteiger partial charge on any atom is -0.352 e. The monoisotopic (exact) mass is 623 g/mol. The molecule has 0 saturated heterocycles. The van der Waals surface area contributed by atoms with Gasteiger partial charge in [-0.1, -0.05) is 73.0 Å². The molecule has 1 aliphatic rings. The first-order chi connectivity index (χ1) is 20.5. The Kier molecular flexibility index (Phi) is 11.3. The van der Waals surface area contributed by atoms with Crippen LogP contribution in [0, 0.1) is 13.8 Å². The quantitative estimate of drug-likeness (QED) is 0.246. The molecule has 0 heterocycles. The molecule has 4 rings (SSSR count). The van der Waals surface area contributed by atoms with Gasteiger partial charge in [0.25, 0.3) is 0 Å². The Hall–Kier alpha value is -3.36. The number of hydrogen-bond donors (Lipinski definition) is 1. The van der Waals surface area contributed by atoms with Gasteiger partial charge in [-0.25, -0.2) is 8.42 Å². The standard InChI is InChI=1S/C34H42ClN3O4S/c1-25-15-20-31(22-26(25)2)38(43(3,41)42)21-9-14-33(39)37(24-28-16-18-29(35)19-17-28)32(23-27-10-5-4-6-11-27)34(40)36-30-12-7-8-13-30/h4-6,10-11,15-20,22,30,32H,7-9,12-14,21,23-24H2,1-3H3,(H,36,40). The Morgan fingerprint density at radius 1 is 0.930 bits per heavy atom. The van der Waals surface area contributed by atoms with Crippen LogP contribution in [-0.2, 0) is 32.6 Å². The van der Waals surface area contributed by atoms with Crippen LogP contribution in [0.5, 0.6) is 0 Å². The number of anilines is 1. The maximum atomic E-state index is 14.0. The number of nitrogens with one attached hydrogen (secondary N) is 1. The highest BCUT2D eigenvalue weighted by molar-refractivity contribution is 7.92. The third kappa shape index (κ3) is 9.31. The zero-order valence-electron chi connectivity index (χ0n) is 25.3. The molecule has 43 heavy (non-hydrogen) atoms. The van der Waals surface area contributed by atoms with Gasteiger partial charge >= 0.3 is 0 Å². The largest absolute Gasteiger partial charge is 0.352 e. The van der Waals surface area contributed by atoms with Crippen molar-refractivity contribution in [1.29, 1.82) is 0 Å². The zero-order valence-corrected chi connectivity index (χ0v) is 26.8. The summed E-state index contributed by atoms with van der Waals surface area (Å²) < 4.78 is 26.8. The van der Waals surface area contributed by atoms with Gasteiger partial charge < -0.3 is 10.2 Å². The van der Waals surface area contributed by atoms with E-state index in [-0.39, 0.29) is 37.4 Å². The minimum atomic E-state index is -3.57. The van der Waals surface area contributed by atoms with Crippen molar-refractivity contribution in [2.24, 2.45) is 0 Å². The van der Waals surface area contributed by atoms with E-state index in [0.29, 0.717) is 23.6 Å². The number of sulfonamides is 1. The third-order valence-electron chi connectivity index (χ3n) is 8.17. The predicted molar refractivity (Wildman–Crippen MR) is 174 cm³/mol. The predicted octanol–water partition coefficient (Wildman–Crippen LogP) is 6.20. The Labute approximate surface area is 261 Å². The van der Waals surface area contributed by atoms with Crippen molar-refractivity contribution in [1.82, 2.24) is 10.2 Å². The van der Waals surface area contributed by atoms with E-state index in [9.17, 15) is 18.0 Å². The lowest BCUT2D eigenvalue weighted by Gasteiger charge is -2.33. The van der Waals surface area contributed by atoms with Crippen LogP contribution in [0.15, 0.2) is 72.8 Å². The number of rotatable bonds is 13.